The van der Waals surface area contributed by atoms with E-state index in [-0.39, 0.29) is 30.0 Å². The number of halogens is 3. The van der Waals surface area contributed by atoms with E-state index in [0.29, 0.717) is 23.3 Å². The molecule has 0 spiro atoms. The van der Waals surface area contributed by atoms with Gasteiger partial charge in [-0.05, 0) is 74.4 Å². The quantitative estimate of drug-likeness (QED) is 0.305. The molecule has 0 atom stereocenters. The summed E-state index contributed by atoms with van der Waals surface area (Å²) in [7, 11) is 1.54. The van der Waals surface area contributed by atoms with Gasteiger partial charge in [-0.15, -0.1) is 0 Å². The van der Waals surface area contributed by atoms with Gasteiger partial charge in [0, 0.05) is 19.0 Å². The fourth-order valence-electron chi connectivity index (χ4n) is 4.55. The van der Waals surface area contributed by atoms with Gasteiger partial charge in [0.25, 0.3) is 0 Å². The van der Waals surface area contributed by atoms with Gasteiger partial charge >= 0.3 is 18.5 Å². The molecule has 4 fully saturated rings. The molecule has 15 nitrogen and oxygen atoms in total. The first-order valence-electron chi connectivity index (χ1n) is 13.9. The summed E-state index contributed by atoms with van der Waals surface area (Å²) in [6.45, 7) is 12.8. The van der Waals surface area contributed by atoms with Crippen molar-refractivity contribution in [2.24, 2.45) is 0 Å². The summed E-state index contributed by atoms with van der Waals surface area (Å²) in [5.74, 6) is 1.05. The number of carbonyl (C=O) groups is 1. The molecule has 4 heterocycles. The van der Waals surface area contributed by atoms with E-state index in [1.54, 1.807) is 36.4 Å². The largest absolute Gasteiger partial charge is 0.508 e. The molecule has 0 saturated carbocycles. The van der Waals surface area contributed by atoms with Crippen LogP contribution < -0.4 is 4.74 Å². The summed E-state index contributed by atoms with van der Waals surface area (Å²) in [5, 5.41) is 27.4. The van der Waals surface area contributed by atoms with E-state index in [4.69, 9.17) is 43.7 Å². The maximum Gasteiger partial charge on any atom is 0.373 e. The Morgan fingerprint density at radius 1 is 0.620 bits per heavy atom. The Labute approximate surface area is 313 Å². The van der Waals surface area contributed by atoms with E-state index in [1.165, 1.54) is 47.1 Å². The van der Waals surface area contributed by atoms with Crippen LogP contribution in [0.15, 0.2) is 55.9 Å². The minimum absolute atomic E-state index is 0.0284. The lowest BCUT2D eigenvalue weighted by Gasteiger charge is -2.56. The Balaban J connectivity index is 0.000000594. The summed E-state index contributed by atoms with van der Waals surface area (Å²) in [6, 6.07) is 11.7. The molecule has 50 heavy (non-hydrogen) atoms. The second-order valence-electron chi connectivity index (χ2n) is 10.2. The van der Waals surface area contributed by atoms with Crippen molar-refractivity contribution in [2.45, 2.75) is 20.8 Å². The maximum absolute atomic E-state index is 10.3. The van der Waals surface area contributed by atoms with Crippen molar-refractivity contribution in [3.05, 3.63) is 78.1 Å². The van der Waals surface area contributed by atoms with Crippen molar-refractivity contribution < 1.29 is 53.6 Å². The van der Waals surface area contributed by atoms with Gasteiger partial charge in [-0.25, -0.2) is 0 Å². The summed E-state index contributed by atoms with van der Waals surface area (Å²) < 4.78 is 7.77. The SMILES string of the molecule is C1N2CN3CN1CN(C2)C3.COc1c(O)ccc(Br)c1C.Cc1cc(O)c(C=O)cc1Br.Cc1cc(O)ccc1Br.O=C=O.O=C=O.O=C=O. The van der Waals surface area contributed by atoms with E-state index in [2.05, 4.69) is 67.4 Å². The van der Waals surface area contributed by atoms with Gasteiger partial charge in [-0.2, -0.15) is 28.8 Å². The number of hydrogen-bond acceptors (Lipinski definition) is 15. The minimum Gasteiger partial charge on any atom is -0.508 e. The first-order valence-corrected chi connectivity index (χ1v) is 16.3. The first kappa shape index (κ1) is 46.0. The van der Waals surface area contributed by atoms with Crippen LogP contribution in [0, 0.1) is 20.8 Å². The number of carbonyl (C=O) groups excluding carboxylic acids is 7. The second-order valence-corrected chi connectivity index (χ2v) is 12.8. The molecular weight excluding hydrogens is 856 g/mol. The third kappa shape index (κ3) is 16.6. The van der Waals surface area contributed by atoms with E-state index < -0.39 is 0 Å². The minimum atomic E-state index is 0.0284. The van der Waals surface area contributed by atoms with Crippen molar-refractivity contribution in [3.63, 3.8) is 0 Å². The Hall–Kier alpha value is -4.05. The predicted octanol–water partition coefficient (Wildman–Crippen LogP) is 4.44. The lowest BCUT2D eigenvalue weighted by molar-refractivity contribution is -0.194. The Morgan fingerprint density at radius 3 is 1.36 bits per heavy atom. The number of rotatable bonds is 2. The molecular formula is C32H35Br3N4O11. The van der Waals surface area contributed by atoms with Crippen LogP contribution >= 0.6 is 47.8 Å². The molecule has 0 amide bonds. The third-order valence-corrected chi connectivity index (χ3v) is 9.10. The molecule has 0 radical (unpaired) electrons. The number of benzene rings is 3. The molecule has 3 aromatic carbocycles. The van der Waals surface area contributed by atoms with E-state index in [0.717, 1.165) is 30.1 Å². The van der Waals surface area contributed by atoms with Crippen LogP contribution in [0.1, 0.15) is 27.0 Å². The lowest BCUT2D eigenvalue weighted by atomic mass is 10.1. The molecule has 3 N–H and O–H groups in total. The van der Waals surface area contributed by atoms with E-state index in [9.17, 15) is 9.90 Å². The average molecular weight is 891 g/mol. The average Bonchev–Trinajstić information content (AvgIpc) is 3.05. The van der Waals surface area contributed by atoms with Gasteiger partial charge in [0.1, 0.15) is 11.5 Å². The van der Waals surface area contributed by atoms with Crippen molar-refractivity contribution in [2.75, 3.05) is 47.1 Å². The highest BCUT2D eigenvalue weighted by atomic mass is 79.9. The number of ether oxygens (including phenoxy) is 1. The second kappa shape index (κ2) is 25.0. The highest BCUT2D eigenvalue weighted by Crippen LogP contribution is 2.34. The molecule has 4 bridgehead atoms. The number of aromatic hydroxyl groups is 3. The van der Waals surface area contributed by atoms with Crippen molar-refractivity contribution >= 4 is 72.5 Å². The number of nitrogens with zero attached hydrogens (tertiary/aromatic N) is 4. The van der Waals surface area contributed by atoms with Crippen LogP contribution in [0.4, 0.5) is 0 Å². The van der Waals surface area contributed by atoms with E-state index >= 15 is 0 Å². The van der Waals surface area contributed by atoms with Crippen molar-refractivity contribution in [1.82, 2.24) is 19.6 Å². The standard InChI is InChI=1S/C8H7BrO2.C8H9BrO2.C7H7BrO.C6H12N4.3CO2/c1-5-2-8(11)6(4-10)3-7(5)9;1-5-6(9)3-4-7(10)8(5)11-2;1-5-4-6(9)2-3-7(5)8;1-7-2-9-4-8(1)5-10(3-7)6-9;3*2-1-3/h2-4,11H,1H3;3-4,10H,1-2H3;2-4,9H,1H3;1-6H2;;;. The van der Waals surface area contributed by atoms with E-state index in [1.807, 2.05) is 26.8 Å². The van der Waals surface area contributed by atoms with Gasteiger partial charge in [-0.1, -0.05) is 47.8 Å². The zero-order chi connectivity index (χ0) is 38.4. The number of phenols is 3. The van der Waals surface area contributed by atoms with Crippen LogP contribution in [0.2, 0.25) is 0 Å². The highest BCUT2D eigenvalue weighted by molar-refractivity contribution is 9.11. The van der Waals surface area contributed by atoms with Crippen LogP contribution in [0.3, 0.4) is 0 Å². The Bertz CT molecular complexity index is 1560. The molecule has 4 aliphatic heterocycles. The van der Waals surface area contributed by atoms with Crippen LogP contribution in [-0.4, -0.2) is 107 Å². The number of methoxy groups -OCH3 is 1. The normalized spacial score (nSPS) is 18.0. The number of phenolic OH excluding ortho intramolecular Hbond substituents is 3. The monoisotopic (exact) mass is 888 g/mol. The molecule has 0 unspecified atom stereocenters. The first-order chi connectivity index (χ1) is 23.7. The fraction of sp³-hybridized carbons (Fsp3) is 0.312. The summed E-state index contributed by atoms with van der Waals surface area (Å²) in [5.41, 5.74) is 3.18. The molecule has 4 aliphatic rings. The summed E-state index contributed by atoms with van der Waals surface area (Å²) in [6.07, 6.45) is 1.37. The maximum atomic E-state index is 10.3. The van der Waals surface area contributed by atoms with Crippen molar-refractivity contribution in [1.29, 1.82) is 0 Å². The lowest BCUT2D eigenvalue weighted by Crippen LogP contribution is -2.71. The van der Waals surface area contributed by atoms with Gasteiger partial charge < -0.3 is 20.1 Å². The molecule has 0 aromatic heterocycles. The molecule has 3 aromatic rings. The number of aryl methyl sites for hydroxylation is 2. The summed E-state index contributed by atoms with van der Waals surface area (Å²) in [4.78, 5) is 68.9. The van der Waals surface area contributed by atoms with Crippen LogP contribution in [0.25, 0.3) is 0 Å². The zero-order valence-electron chi connectivity index (χ0n) is 27.4. The van der Waals surface area contributed by atoms with Gasteiger partial charge in [0.15, 0.2) is 17.8 Å². The number of aldehydes is 1. The highest BCUT2D eigenvalue weighted by Gasteiger charge is 2.36. The van der Waals surface area contributed by atoms with Crippen LogP contribution in [0.5, 0.6) is 23.0 Å². The van der Waals surface area contributed by atoms with Gasteiger partial charge in [-0.3, -0.25) is 24.4 Å². The van der Waals surface area contributed by atoms with Gasteiger partial charge in [0.05, 0.1) is 52.7 Å². The molecule has 4 saturated heterocycles. The van der Waals surface area contributed by atoms with Crippen LogP contribution in [-0.2, 0) is 28.8 Å². The summed E-state index contributed by atoms with van der Waals surface area (Å²) >= 11 is 9.90. The number of hydrogen-bond donors (Lipinski definition) is 3. The smallest absolute Gasteiger partial charge is 0.373 e. The Kier molecular flexibility index (Phi) is 23.0. The molecule has 7 rings (SSSR count). The topological polar surface area (TPSA) is 202 Å². The van der Waals surface area contributed by atoms with Crippen molar-refractivity contribution in [3.8, 4) is 23.0 Å². The zero-order valence-corrected chi connectivity index (χ0v) is 32.1. The Morgan fingerprint density at radius 2 is 1.02 bits per heavy atom. The molecule has 270 valence electrons. The fourth-order valence-corrected chi connectivity index (χ4v) is 5.47. The molecule has 18 heteroatoms. The third-order valence-electron chi connectivity index (χ3n) is 6.50. The molecule has 0 aliphatic carbocycles. The van der Waals surface area contributed by atoms with Gasteiger partial charge in [0.2, 0.25) is 0 Å². The predicted molar refractivity (Wildman–Crippen MR) is 185 cm³/mol.